The van der Waals surface area contributed by atoms with Crippen LogP contribution in [0.4, 0.5) is 0 Å². The number of carboxylic acids is 2. The minimum Gasteiger partial charge on any atom is -0.654 e. The van der Waals surface area contributed by atoms with Crippen molar-refractivity contribution in [2.24, 2.45) is 0 Å². The van der Waals surface area contributed by atoms with Gasteiger partial charge < -0.3 is 44.7 Å². The number of fused-ring (bicyclic) bond motifs is 7. The average molecular weight is 972 g/mol. The van der Waals surface area contributed by atoms with Crippen molar-refractivity contribution in [2.45, 2.75) is 92.9 Å². The van der Waals surface area contributed by atoms with Gasteiger partial charge in [-0.15, -0.1) is 5.52 Å². The van der Waals surface area contributed by atoms with Crippen LogP contribution in [0.5, 0.6) is 17.2 Å². The second kappa shape index (κ2) is 24.8. The van der Waals surface area contributed by atoms with Gasteiger partial charge in [-0.05, 0) is 74.7 Å². The van der Waals surface area contributed by atoms with E-state index in [-0.39, 0.29) is 73.0 Å². The molecule has 0 spiro atoms. The number of aliphatic hydroxyl groups is 3. The third-order valence-corrected chi connectivity index (χ3v) is 9.56. The van der Waals surface area contributed by atoms with Gasteiger partial charge in [-0.1, -0.05) is 36.6 Å². The van der Waals surface area contributed by atoms with Crippen LogP contribution in [0.2, 0.25) is 0 Å². The molecule has 2 aromatic heterocycles. The Kier molecular flexibility index (Phi) is 20.7. The Balaban J connectivity index is 0.000000981. The predicted molar refractivity (Wildman–Crippen MR) is 226 cm³/mol. The molecule has 1 aromatic carbocycles. The Morgan fingerprint density at radius 3 is 1.82 bits per heavy atom. The van der Waals surface area contributed by atoms with Crippen LogP contribution >= 0.6 is 0 Å². The number of rotatable bonds is 13. The van der Waals surface area contributed by atoms with Crippen LogP contribution in [0.1, 0.15) is 114 Å². The molecule has 15 nitrogen and oxygen atoms in total. The van der Waals surface area contributed by atoms with E-state index in [1.54, 1.807) is 24.5 Å². The molecule has 16 heteroatoms. The van der Waals surface area contributed by atoms with E-state index in [1.807, 2.05) is 6.92 Å². The Bertz CT molecular complexity index is 2230. The van der Waals surface area contributed by atoms with Crippen molar-refractivity contribution in [2.75, 3.05) is 39.6 Å². The van der Waals surface area contributed by atoms with E-state index in [2.05, 4.69) is 26.8 Å². The Morgan fingerprint density at radius 1 is 0.767 bits per heavy atom. The summed E-state index contributed by atoms with van der Waals surface area (Å²) in [6.07, 6.45) is 8.98. The van der Waals surface area contributed by atoms with Gasteiger partial charge in [-0.2, -0.15) is 0 Å². The fourth-order valence-electron chi connectivity index (χ4n) is 6.83. The standard InChI is InChI=1S/C40H48N5O6.2C2H4O2.Gd/c1-5-26-27(6-2)38-40-39-29(12-8-16-51-40)25(4)35(45-39)23-42-33-21-37(50-18-10-15-48)36(49-17-9-14-47)20-32(33)41-22-34-24(3)28(11-7-13-46)31(43-34)19-30(26)44-38;2*1-2(3)4;/h19-23,46-48H,5-18H2,1-4H3;2*1H3,(H,3,4);/q-1;;;. The number of hydrogen-bond donors (Lipinski definition) is 5. The molecule has 0 saturated carbocycles. The first-order valence-electron chi connectivity index (χ1n) is 20.0. The molecule has 0 saturated heterocycles. The maximum absolute atomic E-state index is 9.76. The fraction of sp³-hybridized carbons (Fsp3) is 0.455. The molecule has 5 heterocycles. The number of benzene rings is 1. The van der Waals surface area contributed by atoms with Crippen molar-refractivity contribution < 1.29 is 89.3 Å². The maximum atomic E-state index is 9.76. The summed E-state index contributed by atoms with van der Waals surface area (Å²) in [6, 6.07) is 5.65. The largest absolute Gasteiger partial charge is 0.654 e. The number of aryl methyl sites for hydroxylation is 2. The van der Waals surface area contributed by atoms with Gasteiger partial charge in [0.25, 0.3) is 11.9 Å². The smallest absolute Gasteiger partial charge is 0.300 e. The molecule has 60 heavy (non-hydrogen) atoms. The molecule has 0 amide bonds. The molecule has 0 fully saturated rings. The summed E-state index contributed by atoms with van der Waals surface area (Å²) in [5.41, 5.74) is 12.4. The fourth-order valence-corrected chi connectivity index (χ4v) is 6.83. The number of nitrogens with zero attached hydrogens (tertiary/aromatic N) is 5. The van der Waals surface area contributed by atoms with Crippen LogP contribution in [0.25, 0.3) is 44.4 Å². The molecule has 326 valence electrons. The molecule has 5 N–H and O–H groups in total. The zero-order valence-electron chi connectivity index (χ0n) is 35.2. The molecule has 6 bridgehead atoms. The zero-order chi connectivity index (χ0) is 43.1. The second-order valence-electron chi connectivity index (χ2n) is 13.9. The average Bonchev–Trinajstić information content (AvgIpc) is 3.74. The van der Waals surface area contributed by atoms with E-state index >= 15 is 0 Å². The van der Waals surface area contributed by atoms with Gasteiger partial charge >= 0.3 is 0 Å². The van der Waals surface area contributed by atoms with Gasteiger partial charge in [0.2, 0.25) is 0 Å². The number of allylic oxidation sites excluding steroid dienone is 4. The molecule has 3 aliphatic rings. The molecular formula is C44H56GdN5O10-. The molecule has 6 rings (SSSR count). The van der Waals surface area contributed by atoms with Crippen LogP contribution < -0.4 is 19.2 Å². The number of aliphatic carboxylic acids is 2. The van der Waals surface area contributed by atoms with E-state index in [0.717, 1.165) is 95.5 Å². The van der Waals surface area contributed by atoms with Gasteiger partial charge in [-0.3, -0.25) is 19.6 Å². The van der Waals surface area contributed by atoms with E-state index in [9.17, 15) is 15.3 Å². The topological polar surface area (TPSA) is 229 Å². The van der Waals surface area contributed by atoms with Crippen LogP contribution in [0, 0.1) is 39.9 Å². The van der Waals surface area contributed by atoms with Crippen molar-refractivity contribution in [1.82, 2.24) is 24.9 Å². The molecular weight excluding hydrogens is 916 g/mol. The first-order chi connectivity index (χ1) is 28.4. The maximum Gasteiger partial charge on any atom is 0.300 e. The van der Waals surface area contributed by atoms with Gasteiger partial charge in [0.1, 0.15) is 11.4 Å². The van der Waals surface area contributed by atoms with Crippen molar-refractivity contribution in [1.29, 1.82) is 0 Å². The van der Waals surface area contributed by atoms with Gasteiger partial charge in [0.05, 0.1) is 60.3 Å². The number of aliphatic hydroxyl groups excluding tert-OH is 3. The number of hydrogen-bond acceptors (Lipinski definition) is 12. The SMILES string of the molecule is CC(=O)O.CC(=O)O.CCc1c(CC)c2[n-]c1cc1nc(cnc3cc(OCCCO)c(OCCCO)cc3ncc3nc4c2OCCCC4=C3C)C(C)=C1CCCO.[Gd]. The predicted octanol–water partition coefficient (Wildman–Crippen LogP) is 6.60. The van der Waals surface area contributed by atoms with E-state index < -0.39 is 11.9 Å². The summed E-state index contributed by atoms with van der Waals surface area (Å²) in [5.74, 6) is -0.0277. The molecule has 3 aromatic rings. The van der Waals surface area contributed by atoms with Crippen molar-refractivity contribution in [3.8, 4) is 17.2 Å². The van der Waals surface area contributed by atoms with Gasteiger partial charge in [0, 0.05) is 98.6 Å². The van der Waals surface area contributed by atoms with Crippen molar-refractivity contribution in [3.63, 3.8) is 0 Å². The zero-order valence-corrected chi connectivity index (χ0v) is 37.4. The summed E-state index contributed by atoms with van der Waals surface area (Å²) in [6.45, 7) is 11.8. The Morgan fingerprint density at radius 2 is 1.30 bits per heavy atom. The minimum absolute atomic E-state index is 0. The number of carbonyl (C=O) groups is 2. The molecule has 3 aliphatic heterocycles. The number of ether oxygens (including phenoxy) is 3. The van der Waals surface area contributed by atoms with Crippen LogP contribution in [-0.4, -0.2) is 97.0 Å². The van der Waals surface area contributed by atoms with E-state index in [1.165, 1.54) is 5.56 Å². The summed E-state index contributed by atoms with van der Waals surface area (Å²) in [5, 5.41) is 43.4. The minimum atomic E-state index is -0.833. The number of carboxylic acid groups (broad SMARTS) is 2. The van der Waals surface area contributed by atoms with Gasteiger partial charge in [0.15, 0.2) is 11.5 Å². The monoisotopic (exact) mass is 972 g/mol. The van der Waals surface area contributed by atoms with Gasteiger partial charge in [-0.25, -0.2) is 9.97 Å². The Labute approximate surface area is 382 Å². The first kappa shape index (κ1) is 50.0. The molecule has 0 aliphatic carbocycles. The molecule has 0 unspecified atom stereocenters. The van der Waals surface area contributed by atoms with E-state index in [4.69, 9.17) is 58.9 Å². The first-order valence-corrected chi connectivity index (χ1v) is 20.0. The third kappa shape index (κ3) is 13.1. The van der Waals surface area contributed by atoms with Crippen molar-refractivity contribution in [3.05, 3.63) is 64.5 Å². The Hall–Kier alpha value is -4.32. The van der Waals surface area contributed by atoms with Crippen molar-refractivity contribution >= 4 is 56.3 Å². The summed E-state index contributed by atoms with van der Waals surface area (Å²) in [4.78, 5) is 43.3. The molecule has 0 radical (unpaired) electrons. The summed E-state index contributed by atoms with van der Waals surface area (Å²) < 4.78 is 18.6. The summed E-state index contributed by atoms with van der Waals surface area (Å²) >= 11 is 0. The second-order valence-corrected chi connectivity index (χ2v) is 13.9. The quantitative estimate of drug-likeness (QED) is 0.114. The van der Waals surface area contributed by atoms with Crippen LogP contribution in [0.3, 0.4) is 0 Å². The molecule has 0 atom stereocenters. The summed E-state index contributed by atoms with van der Waals surface area (Å²) in [7, 11) is 0. The van der Waals surface area contributed by atoms with Crippen LogP contribution in [-0.2, 0) is 22.4 Å². The van der Waals surface area contributed by atoms with Crippen LogP contribution in [0.15, 0.2) is 30.6 Å². The normalized spacial score (nSPS) is 12.8. The van der Waals surface area contributed by atoms with E-state index in [0.29, 0.717) is 66.3 Å². The number of aromatic nitrogens is 5. The third-order valence-electron chi connectivity index (χ3n) is 9.56.